The van der Waals surface area contributed by atoms with Gasteiger partial charge >= 0.3 is 5.97 Å². The molecule has 3 aromatic rings. The number of rotatable bonds is 7. The molecular weight excluding hydrogens is 747 g/mol. The molecule has 0 atom stereocenters. The smallest absolute Gasteiger partial charge is 0.363 e. The van der Waals surface area contributed by atoms with Crippen LogP contribution in [0, 0.1) is 7.14 Å². The first kappa shape index (κ1) is 25.5. The molecule has 5 nitrogen and oxygen atoms in total. The zero-order chi connectivity index (χ0) is 24.2. The zero-order valence-corrected chi connectivity index (χ0v) is 24.4. The number of hydrogen-bond acceptors (Lipinski definition) is 5. The van der Waals surface area contributed by atoms with Gasteiger partial charge in [-0.25, -0.2) is 9.79 Å². The Hall–Kier alpha value is -1.63. The van der Waals surface area contributed by atoms with Crippen molar-refractivity contribution in [1.82, 2.24) is 0 Å². The Balaban J connectivity index is 1.64. The highest BCUT2D eigenvalue weighted by atomic mass is 127. The van der Waals surface area contributed by atoms with Gasteiger partial charge in [-0.2, -0.15) is 0 Å². The summed E-state index contributed by atoms with van der Waals surface area (Å²) < 4.78 is 20.1. The fourth-order valence-corrected chi connectivity index (χ4v) is 4.99. The predicted octanol–water partition coefficient (Wildman–Crippen LogP) is 7.63. The van der Waals surface area contributed by atoms with Crippen molar-refractivity contribution in [2.24, 2.45) is 4.99 Å². The van der Waals surface area contributed by atoms with Crippen molar-refractivity contribution in [3.63, 3.8) is 0 Å². The number of halogens is 4. The van der Waals surface area contributed by atoms with E-state index in [0.717, 1.165) is 12.7 Å². The molecule has 0 aromatic heterocycles. The van der Waals surface area contributed by atoms with Crippen molar-refractivity contribution in [2.45, 2.75) is 13.5 Å². The van der Waals surface area contributed by atoms with Crippen LogP contribution in [0.2, 0.25) is 5.02 Å². The van der Waals surface area contributed by atoms with E-state index in [2.05, 4.69) is 66.1 Å². The molecule has 1 aliphatic heterocycles. The summed E-state index contributed by atoms with van der Waals surface area (Å²) in [6, 6.07) is 17.1. The van der Waals surface area contributed by atoms with E-state index in [0.29, 0.717) is 45.3 Å². The third-order valence-corrected chi connectivity index (χ3v) is 7.39. The number of benzene rings is 3. The molecule has 4 rings (SSSR count). The Bertz CT molecular complexity index is 1330. The highest BCUT2D eigenvalue weighted by molar-refractivity contribution is 14.1. The number of carbonyl (C=O) groups is 1. The molecule has 34 heavy (non-hydrogen) atoms. The lowest BCUT2D eigenvalue weighted by Gasteiger charge is -2.15. The Morgan fingerprint density at radius 3 is 2.68 bits per heavy atom. The topological polar surface area (TPSA) is 57.1 Å². The molecule has 174 valence electrons. The number of nitrogens with zero attached hydrogens (tertiary/aromatic N) is 1. The summed E-state index contributed by atoms with van der Waals surface area (Å²) in [5, 5.41) is 0.462. The molecule has 0 spiro atoms. The molecule has 0 aliphatic carbocycles. The Labute approximate surface area is 237 Å². The lowest BCUT2D eigenvalue weighted by atomic mass is 10.1. The van der Waals surface area contributed by atoms with Gasteiger partial charge in [-0.3, -0.25) is 0 Å². The minimum Gasteiger partial charge on any atom is -0.490 e. The second-order valence-corrected chi connectivity index (χ2v) is 10.8. The minimum absolute atomic E-state index is 0.173. The van der Waals surface area contributed by atoms with E-state index in [1.54, 1.807) is 12.1 Å². The molecule has 3 aromatic carbocycles. The van der Waals surface area contributed by atoms with E-state index in [1.807, 2.05) is 55.5 Å². The fraction of sp³-hybridized carbons (Fsp3) is 0.120. The van der Waals surface area contributed by atoms with E-state index < -0.39 is 5.97 Å². The van der Waals surface area contributed by atoms with Gasteiger partial charge in [0.15, 0.2) is 17.2 Å². The summed E-state index contributed by atoms with van der Waals surface area (Å²) in [6.45, 7) is 2.76. The van der Waals surface area contributed by atoms with Crippen LogP contribution in [0.15, 0.2) is 69.8 Å². The SMILES string of the molecule is CCOc1cc(/C=C2\N=C(c3cc(I)ccc3Cl)OC2=O)cc(Br)c1OCc1ccccc1I. The van der Waals surface area contributed by atoms with Crippen molar-refractivity contribution in [1.29, 1.82) is 0 Å². The van der Waals surface area contributed by atoms with Crippen molar-refractivity contribution in [3.8, 4) is 11.5 Å². The van der Waals surface area contributed by atoms with Crippen LogP contribution in [0.4, 0.5) is 0 Å². The molecule has 0 radical (unpaired) electrons. The minimum atomic E-state index is -0.544. The Morgan fingerprint density at radius 2 is 1.91 bits per heavy atom. The van der Waals surface area contributed by atoms with Crippen molar-refractivity contribution in [2.75, 3.05) is 6.61 Å². The van der Waals surface area contributed by atoms with E-state index in [-0.39, 0.29) is 11.6 Å². The first-order valence-corrected chi connectivity index (χ1v) is 13.5. The highest BCUT2D eigenvalue weighted by Crippen LogP contribution is 2.38. The van der Waals surface area contributed by atoms with Crippen LogP contribution in [-0.2, 0) is 16.1 Å². The molecule has 0 unspecified atom stereocenters. The number of aliphatic imine (C=N–C) groups is 1. The lowest BCUT2D eigenvalue weighted by Crippen LogP contribution is -2.06. The molecular formula is C25H17BrClI2NO4. The average Bonchev–Trinajstić information content (AvgIpc) is 3.16. The molecule has 0 amide bonds. The van der Waals surface area contributed by atoms with Gasteiger partial charge in [-0.05, 0) is 116 Å². The van der Waals surface area contributed by atoms with Crippen LogP contribution >= 0.6 is 72.7 Å². The van der Waals surface area contributed by atoms with Crippen LogP contribution in [0.1, 0.15) is 23.6 Å². The van der Waals surface area contributed by atoms with Crippen molar-refractivity contribution < 1.29 is 19.0 Å². The van der Waals surface area contributed by atoms with Crippen molar-refractivity contribution in [3.05, 3.63) is 93.6 Å². The maximum absolute atomic E-state index is 12.5. The van der Waals surface area contributed by atoms with Gasteiger partial charge in [0.05, 0.1) is 21.7 Å². The maximum atomic E-state index is 12.5. The van der Waals surface area contributed by atoms with Gasteiger partial charge in [0.1, 0.15) is 6.61 Å². The Morgan fingerprint density at radius 1 is 1.12 bits per heavy atom. The van der Waals surface area contributed by atoms with Gasteiger partial charge in [0, 0.05) is 12.7 Å². The highest BCUT2D eigenvalue weighted by Gasteiger charge is 2.26. The maximum Gasteiger partial charge on any atom is 0.363 e. The monoisotopic (exact) mass is 763 g/mol. The number of hydrogen-bond donors (Lipinski definition) is 0. The fourth-order valence-electron chi connectivity index (χ4n) is 3.18. The number of cyclic esters (lactones) is 1. The van der Waals surface area contributed by atoms with Crippen molar-refractivity contribution >= 4 is 90.7 Å². The summed E-state index contributed by atoms with van der Waals surface area (Å²) in [4.78, 5) is 16.9. The van der Waals surface area contributed by atoms with Crippen LogP contribution < -0.4 is 9.47 Å². The van der Waals surface area contributed by atoms with Gasteiger partial charge in [-0.15, -0.1) is 0 Å². The predicted molar refractivity (Wildman–Crippen MR) is 154 cm³/mol. The van der Waals surface area contributed by atoms with Crippen LogP contribution in [0.25, 0.3) is 6.08 Å². The first-order valence-electron chi connectivity index (χ1n) is 10.2. The van der Waals surface area contributed by atoms with Crippen LogP contribution in [-0.4, -0.2) is 18.5 Å². The number of ether oxygens (including phenoxy) is 3. The van der Waals surface area contributed by atoms with E-state index in [4.69, 9.17) is 25.8 Å². The van der Waals surface area contributed by atoms with Crippen LogP contribution in [0.3, 0.4) is 0 Å². The molecule has 1 aliphatic rings. The zero-order valence-electron chi connectivity index (χ0n) is 17.8. The third kappa shape index (κ3) is 5.95. The quantitative estimate of drug-likeness (QED) is 0.141. The molecule has 1 heterocycles. The largest absolute Gasteiger partial charge is 0.490 e. The van der Waals surface area contributed by atoms with Gasteiger partial charge < -0.3 is 14.2 Å². The first-order chi connectivity index (χ1) is 16.4. The van der Waals surface area contributed by atoms with E-state index >= 15 is 0 Å². The molecule has 9 heteroatoms. The molecule has 0 saturated carbocycles. The normalized spacial score (nSPS) is 14.2. The summed E-state index contributed by atoms with van der Waals surface area (Å²) >= 11 is 14.3. The Kier molecular flexibility index (Phi) is 8.54. The number of esters is 1. The summed E-state index contributed by atoms with van der Waals surface area (Å²) in [5.41, 5.74) is 2.53. The van der Waals surface area contributed by atoms with Gasteiger partial charge in [0.2, 0.25) is 5.90 Å². The molecule has 0 N–H and O–H groups in total. The molecule has 0 bridgehead atoms. The second-order valence-electron chi connectivity index (χ2n) is 7.10. The molecule has 0 fully saturated rings. The van der Waals surface area contributed by atoms with E-state index in [1.165, 1.54) is 0 Å². The van der Waals surface area contributed by atoms with Gasteiger partial charge in [-0.1, -0.05) is 29.8 Å². The summed E-state index contributed by atoms with van der Waals surface area (Å²) in [6.07, 6.45) is 1.65. The third-order valence-electron chi connectivity index (χ3n) is 4.74. The summed E-state index contributed by atoms with van der Waals surface area (Å²) in [5.74, 6) is 0.789. The van der Waals surface area contributed by atoms with E-state index in [9.17, 15) is 4.79 Å². The lowest BCUT2D eigenvalue weighted by molar-refractivity contribution is -0.129. The van der Waals surface area contributed by atoms with Gasteiger partial charge in [0.25, 0.3) is 0 Å². The van der Waals surface area contributed by atoms with Crippen LogP contribution in [0.5, 0.6) is 11.5 Å². The molecule has 0 saturated heterocycles. The second kappa shape index (κ2) is 11.4. The number of carbonyl (C=O) groups excluding carboxylic acids is 1. The summed E-state index contributed by atoms with van der Waals surface area (Å²) in [7, 11) is 0. The average molecular weight is 765 g/mol. The standard InChI is InChI=1S/C25H17BrClI2NO4/c1-2-32-22-11-14(9-18(26)23(22)33-13-15-5-3-4-6-20(15)29)10-21-25(31)34-24(30-21)17-12-16(28)7-8-19(17)27/h3-12H,2,13H2,1H3/b21-10-.